The summed E-state index contributed by atoms with van der Waals surface area (Å²) in [5.74, 6) is 0.104. The van der Waals surface area contributed by atoms with E-state index in [0.717, 1.165) is 5.56 Å². The summed E-state index contributed by atoms with van der Waals surface area (Å²) in [7, 11) is 0. The highest BCUT2D eigenvalue weighted by Crippen LogP contribution is 2.59. The normalized spacial score (nSPS) is 26.5. The smallest absolute Gasteiger partial charge is 0.275 e. The summed E-state index contributed by atoms with van der Waals surface area (Å²) in [6, 6.07) is 5.47. The van der Waals surface area contributed by atoms with Gasteiger partial charge in [0.2, 0.25) is 0 Å². The number of nitro benzene ring substituents is 1. The van der Waals surface area contributed by atoms with E-state index in [1.54, 1.807) is 13.0 Å². The largest absolute Gasteiger partial charge is 0.327 e. The van der Waals surface area contributed by atoms with Crippen molar-refractivity contribution in [2.75, 3.05) is 0 Å². The third-order valence-corrected chi connectivity index (χ3v) is 3.70. The number of nitro groups is 1. The molecule has 1 aliphatic rings. The number of benzene rings is 1. The average molecular weight is 220 g/mol. The molecule has 0 heterocycles. The van der Waals surface area contributed by atoms with Crippen molar-refractivity contribution in [3.63, 3.8) is 0 Å². The fraction of sp³-hybridized carbons (Fsp3) is 0.500. The van der Waals surface area contributed by atoms with Crippen LogP contribution >= 0.6 is 0 Å². The van der Waals surface area contributed by atoms with E-state index < -0.39 is 0 Å². The second kappa shape index (κ2) is 3.28. The first-order valence-corrected chi connectivity index (χ1v) is 5.37. The van der Waals surface area contributed by atoms with Gasteiger partial charge in [0.25, 0.3) is 5.69 Å². The van der Waals surface area contributed by atoms with Crippen molar-refractivity contribution in [3.05, 3.63) is 39.4 Å². The molecular weight excluding hydrogens is 204 g/mol. The lowest BCUT2D eigenvalue weighted by Crippen LogP contribution is -2.06. The molecule has 2 rings (SSSR count). The quantitative estimate of drug-likeness (QED) is 0.614. The van der Waals surface area contributed by atoms with Crippen LogP contribution in [-0.4, -0.2) is 11.0 Å². The van der Waals surface area contributed by atoms with Crippen LogP contribution in [0.2, 0.25) is 0 Å². The Kier molecular flexibility index (Phi) is 2.27. The zero-order valence-corrected chi connectivity index (χ0v) is 9.73. The Morgan fingerprint density at radius 1 is 1.44 bits per heavy atom. The number of para-hydroxylation sites is 1. The summed E-state index contributed by atoms with van der Waals surface area (Å²) < 4.78 is 0. The first-order valence-electron chi connectivity index (χ1n) is 5.37. The van der Waals surface area contributed by atoms with E-state index in [4.69, 9.17) is 5.73 Å². The molecule has 2 N–H and O–H groups in total. The van der Waals surface area contributed by atoms with Gasteiger partial charge in [-0.05, 0) is 12.3 Å². The zero-order valence-electron chi connectivity index (χ0n) is 9.73. The van der Waals surface area contributed by atoms with E-state index in [2.05, 4.69) is 0 Å². The molecule has 0 saturated heterocycles. The van der Waals surface area contributed by atoms with Crippen LogP contribution in [0.3, 0.4) is 0 Å². The molecule has 1 fully saturated rings. The molecule has 0 aromatic heterocycles. The van der Waals surface area contributed by atoms with Crippen molar-refractivity contribution in [3.8, 4) is 0 Å². The third kappa shape index (κ3) is 1.41. The molecule has 2 unspecified atom stereocenters. The standard InChI is InChI=1S/C12H16N2O2/c1-7-5-4-6-8(10(7)14(15)16)9-11(13)12(9,2)3/h4-6,9,11H,13H2,1-3H3. The van der Waals surface area contributed by atoms with Crippen molar-refractivity contribution in [2.45, 2.75) is 32.7 Å². The Morgan fingerprint density at radius 2 is 2.00 bits per heavy atom. The summed E-state index contributed by atoms with van der Waals surface area (Å²) in [6.45, 7) is 5.87. The molecular formula is C12H16N2O2. The average Bonchev–Trinajstić information content (AvgIpc) is 2.64. The van der Waals surface area contributed by atoms with Crippen molar-refractivity contribution < 1.29 is 4.92 Å². The zero-order chi connectivity index (χ0) is 12.1. The predicted octanol–water partition coefficient (Wildman–Crippen LogP) is 2.35. The van der Waals surface area contributed by atoms with E-state index >= 15 is 0 Å². The lowest BCUT2D eigenvalue weighted by atomic mass is 9.99. The molecule has 1 aromatic rings. The molecule has 4 nitrogen and oxygen atoms in total. The van der Waals surface area contributed by atoms with Crippen LogP contribution in [0.25, 0.3) is 0 Å². The number of rotatable bonds is 2. The summed E-state index contributed by atoms with van der Waals surface area (Å²) in [5, 5.41) is 11.1. The van der Waals surface area contributed by atoms with Gasteiger partial charge < -0.3 is 5.73 Å². The highest BCUT2D eigenvalue weighted by molar-refractivity contribution is 5.53. The number of nitrogens with zero attached hydrogens (tertiary/aromatic N) is 1. The van der Waals surface area contributed by atoms with Gasteiger partial charge in [-0.25, -0.2) is 0 Å². The minimum absolute atomic E-state index is 0.0213. The second-order valence-corrected chi connectivity index (χ2v) is 5.09. The van der Waals surface area contributed by atoms with Gasteiger partial charge in [-0.3, -0.25) is 10.1 Å². The predicted molar refractivity (Wildman–Crippen MR) is 62.3 cm³/mol. The summed E-state index contributed by atoms with van der Waals surface area (Å²) >= 11 is 0. The van der Waals surface area contributed by atoms with E-state index in [0.29, 0.717) is 5.56 Å². The molecule has 0 spiro atoms. The van der Waals surface area contributed by atoms with Crippen molar-refractivity contribution in [1.29, 1.82) is 0 Å². The molecule has 1 aromatic carbocycles. The lowest BCUT2D eigenvalue weighted by Gasteiger charge is -2.06. The monoisotopic (exact) mass is 220 g/mol. The van der Waals surface area contributed by atoms with Gasteiger partial charge >= 0.3 is 0 Å². The minimum Gasteiger partial charge on any atom is -0.327 e. The summed E-state index contributed by atoms with van der Waals surface area (Å²) in [5.41, 5.74) is 7.66. The van der Waals surface area contributed by atoms with Crippen LogP contribution in [-0.2, 0) is 0 Å². The second-order valence-electron chi connectivity index (χ2n) is 5.09. The van der Waals surface area contributed by atoms with Gasteiger partial charge in [0.1, 0.15) is 0 Å². The lowest BCUT2D eigenvalue weighted by molar-refractivity contribution is -0.386. The van der Waals surface area contributed by atoms with E-state index in [1.165, 1.54) is 0 Å². The van der Waals surface area contributed by atoms with Crippen LogP contribution in [0.5, 0.6) is 0 Å². The van der Waals surface area contributed by atoms with Crippen LogP contribution in [0, 0.1) is 22.5 Å². The molecule has 2 atom stereocenters. The Labute approximate surface area is 94.6 Å². The van der Waals surface area contributed by atoms with Gasteiger partial charge in [-0.1, -0.05) is 32.0 Å². The molecule has 1 saturated carbocycles. The SMILES string of the molecule is Cc1cccc(C2C(N)C2(C)C)c1[N+](=O)[O-]. The van der Waals surface area contributed by atoms with E-state index in [9.17, 15) is 10.1 Å². The van der Waals surface area contributed by atoms with Crippen molar-refractivity contribution >= 4 is 5.69 Å². The summed E-state index contributed by atoms with van der Waals surface area (Å²) in [6.07, 6.45) is 0. The molecule has 16 heavy (non-hydrogen) atoms. The molecule has 0 aliphatic heterocycles. The van der Waals surface area contributed by atoms with Crippen LogP contribution in [0.15, 0.2) is 18.2 Å². The molecule has 1 aliphatic carbocycles. The van der Waals surface area contributed by atoms with Gasteiger partial charge in [0.05, 0.1) is 4.92 Å². The molecule has 0 bridgehead atoms. The summed E-state index contributed by atoms with van der Waals surface area (Å²) in [4.78, 5) is 10.8. The van der Waals surface area contributed by atoms with E-state index in [1.807, 2.05) is 26.0 Å². The Morgan fingerprint density at radius 3 is 2.44 bits per heavy atom. The van der Waals surface area contributed by atoms with Gasteiger partial charge in [-0.2, -0.15) is 0 Å². The number of aryl methyl sites for hydroxylation is 1. The van der Waals surface area contributed by atoms with Gasteiger partial charge in [-0.15, -0.1) is 0 Å². The molecule has 0 amide bonds. The molecule has 0 radical (unpaired) electrons. The van der Waals surface area contributed by atoms with Crippen LogP contribution < -0.4 is 5.73 Å². The maximum absolute atomic E-state index is 11.1. The fourth-order valence-electron chi connectivity index (χ4n) is 2.45. The van der Waals surface area contributed by atoms with E-state index in [-0.39, 0.29) is 28.0 Å². The van der Waals surface area contributed by atoms with Gasteiger partial charge in [0, 0.05) is 23.1 Å². The number of hydrogen-bond acceptors (Lipinski definition) is 3. The maximum Gasteiger partial charge on any atom is 0.275 e. The Balaban J connectivity index is 2.51. The van der Waals surface area contributed by atoms with Gasteiger partial charge in [0.15, 0.2) is 0 Å². The van der Waals surface area contributed by atoms with Crippen molar-refractivity contribution in [2.24, 2.45) is 11.1 Å². The Bertz CT molecular complexity index is 454. The highest BCUT2D eigenvalue weighted by Gasteiger charge is 2.58. The first kappa shape index (κ1) is 11.1. The molecule has 86 valence electrons. The number of hydrogen-bond donors (Lipinski definition) is 1. The highest BCUT2D eigenvalue weighted by atomic mass is 16.6. The Hall–Kier alpha value is -1.42. The van der Waals surface area contributed by atoms with Crippen molar-refractivity contribution in [1.82, 2.24) is 0 Å². The van der Waals surface area contributed by atoms with Crippen LogP contribution in [0.1, 0.15) is 30.9 Å². The fourth-order valence-corrected chi connectivity index (χ4v) is 2.45. The third-order valence-electron chi connectivity index (χ3n) is 3.70. The first-order chi connectivity index (χ1) is 7.37. The number of nitrogens with two attached hydrogens (primary N) is 1. The maximum atomic E-state index is 11.1. The topological polar surface area (TPSA) is 69.2 Å². The molecule has 4 heteroatoms. The van der Waals surface area contributed by atoms with Crippen LogP contribution in [0.4, 0.5) is 5.69 Å². The minimum atomic E-state index is -0.300.